The number of methoxy groups -OCH3 is 1. The van der Waals surface area contributed by atoms with Gasteiger partial charge in [0.15, 0.2) is 0 Å². The number of amides is 1. The van der Waals surface area contributed by atoms with E-state index < -0.39 is 0 Å². The summed E-state index contributed by atoms with van der Waals surface area (Å²) in [4.78, 5) is 13.8. The van der Waals surface area contributed by atoms with Crippen LogP contribution < -0.4 is 11.1 Å². The van der Waals surface area contributed by atoms with Crippen LogP contribution in [0.4, 0.5) is 0 Å². The van der Waals surface area contributed by atoms with Crippen molar-refractivity contribution in [2.24, 2.45) is 5.73 Å². The van der Waals surface area contributed by atoms with Crippen LogP contribution in [0.15, 0.2) is 0 Å². The SMILES string of the molecule is COCCN1CC(C)(C)NC(=O)C1CN. The van der Waals surface area contributed by atoms with Crippen molar-refractivity contribution < 1.29 is 9.53 Å². The van der Waals surface area contributed by atoms with Crippen LogP contribution in [-0.4, -0.2) is 55.7 Å². The molecule has 5 heteroatoms. The second-order valence-corrected chi connectivity index (χ2v) is 4.59. The molecule has 1 rings (SSSR count). The molecule has 1 unspecified atom stereocenters. The fourth-order valence-electron chi connectivity index (χ4n) is 1.94. The average Bonchev–Trinajstić information content (AvgIpc) is 2.12. The van der Waals surface area contributed by atoms with Crippen LogP contribution in [0.25, 0.3) is 0 Å². The molecular weight excluding hydrogens is 194 g/mol. The standard InChI is InChI=1S/C10H21N3O2/c1-10(2)7-13(4-5-15-3)8(6-11)9(14)12-10/h8H,4-7,11H2,1-3H3,(H,12,14). The molecule has 0 aromatic carbocycles. The van der Waals surface area contributed by atoms with Crippen molar-refractivity contribution in [3.8, 4) is 0 Å². The highest BCUT2D eigenvalue weighted by Gasteiger charge is 2.37. The highest BCUT2D eigenvalue weighted by atomic mass is 16.5. The van der Waals surface area contributed by atoms with Crippen molar-refractivity contribution in [3.05, 3.63) is 0 Å². The van der Waals surface area contributed by atoms with Crippen LogP contribution in [0, 0.1) is 0 Å². The number of carbonyl (C=O) groups is 1. The summed E-state index contributed by atoms with van der Waals surface area (Å²) in [6.07, 6.45) is 0. The van der Waals surface area contributed by atoms with Gasteiger partial charge in [0, 0.05) is 32.3 Å². The van der Waals surface area contributed by atoms with Gasteiger partial charge in [0.05, 0.1) is 6.61 Å². The van der Waals surface area contributed by atoms with Crippen molar-refractivity contribution in [2.45, 2.75) is 25.4 Å². The molecular formula is C10H21N3O2. The highest BCUT2D eigenvalue weighted by molar-refractivity contribution is 5.83. The van der Waals surface area contributed by atoms with Gasteiger partial charge in [-0.3, -0.25) is 9.69 Å². The zero-order valence-corrected chi connectivity index (χ0v) is 9.75. The van der Waals surface area contributed by atoms with E-state index in [0.717, 1.165) is 13.1 Å². The van der Waals surface area contributed by atoms with E-state index in [1.54, 1.807) is 7.11 Å². The van der Waals surface area contributed by atoms with Crippen molar-refractivity contribution in [1.82, 2.24) is 10.2 Å². The molecule has 1 aliphatic rings. The van der Waals surface area contributed by atoms with Crippen LogP contribution in [0.2, 0.25) is 0 Å². The molecule has 1 aliphatic heterocycles. The first-order chi connectivity index (χ1) is 7.00. The smallest absolute Gasteiger partial charge is 0.239 e. The minimum atomic E-state index is -0.215. The average molecular weight is 215 g/mol. The predicted octanol–water partition coefficient (Wildman–Crippen LogP) is -0.829. The van der Waals surface area contributed by atoms with Crippen molar-refractivity contribution in [1.29, 1.82) is 0 Å². The molecule has 1 fully saturated rings. The molecule has 0 radical (unpaired) electrons. The van der Waals surface area contributed by atoms with Crippen molar-refractivity contribution >= 4 is 5.91 Å². The molecule has 1 amide bonds. The quantitative estimate of drug-likeness (QED) is 0.642. The Morgan fingerprint density at radius 3 is 2.87 bits per heavy atom. The van der Waals surface area contributed by atoms with Gasteiger partial charge in [-0.15, -0.1) is 0 Å². The maximum absolute atomic E-state index is 11.7. The van der Waals surface area contributed by atoms with Gasteiger partial charge in [-0.05, 0) is 13.8 Å². The summed E-state index contributed by atoms with van der Waals surface area (Å²) >= 11 is 0. The number of nitrogens with one attached hydrogen (secondary N) is 1. The number of piperazine rings is 1. The Hall–Kier alpha value is -0.650. The minimum absolute atomic E-state index is 0.0184. The van der Waals surface area contributed by atoms with E-state index in [9.17, 15) is 4.79 Å². The lowest BCUT2D eigenvalue weighted by molar-refractivity contribution is -0.132. The lowest BCUT2D eigenvalue weighted by Gasteiger charge is -2.43. The summed E-state index contributed by atoms with van der Waals surface area (Å²) in [5.74, 6) is 0.0184. The summed E-state index contributed by atoms with van der Waals surface area (Å²) in [5, 5.41) is 2.96. The fourth-order valence-corrected chi connectivity index (χ4v) is 1.94. The van der Waals surface area contributed by atoms with Crippen molar-refractivity contribution in [3.63, 3.8) is 0 Å². The van der Waals surface area contributed by atoms with E-state index in [-0.39, 0.29) is 17.5 Å². The number of hydrogen-bond acceptors (Lipinski definition) is 4. The Bertz CT molecular complexity index is 231. The Morgan fingerprint density at radius 2 is 2.33 bits per heavy atom. The molecule has 0 aliphatic carbocycles. The molecule has 0 aromatic heterocycles. The number of nitrogens with zero attached hydrogens (tertiary/aromatic N) is 1. The van der Waals surface area contributed by atoms with Crippen LogP contribution in [0.3, 0.4) is 0 Å². The second kappa shape index (κ2) is 4.92. The molecule has 0 spiro atoms. The summed E-state index contributed by atoms with van der Waals surface area (Å²) < 4.78 is 5.03. The Kier molecular flexibility index (Phi) is 4.07. The van der Waals surface area contributed by atoms with Gasteiger partial charge in [0.25, 0.3) is 0 Å². The fraction of sp³-hybridized carbons (Fsp3) is 0.900. The van der Waals surface area contributed by atoms with Gasteiger partial charge in [0.1, 0.15) is 6.04 Å². The van der Waals surface area contributed by atoms with Gasteiger partial charge in [0.2, 0.25) is 5.91 Å². The highest BCUT2D eigenvalue weighted by Crippen LogP contribution is 2.15. The maximum Gasteiger partial charge on any atom is 0.239 e. The lowest BCUT2D eigenvalue weighted by Crippen LogP contribution is -2.66. The molecule has 1 heterocycles. The molecule has 0 aromatic rings. The first kappa shape index (κ1) is 12.4. The van der Waals surface area contributed by atoms with E-state index in [1.165, 1.54) is 0 Å². The second-order valence-electron chi connectivity index (χ2n) is 4.59. The topological polar surface area (TPSA) is 67.6 Å². The summed E-state index contributed by atoms with van der Waals surface area (Å²) in [6.45, 7) is 6.56. The minimum Gasteiger partial charge on any atom is -0.383 e. The molecule has 15 heavy (non-hydrogen) atoms. The van der Waals surface area contributed by atoms with Crippen LogP contribution in [-0.2, 0) is 9.53 Å². The van der Waals surface area contributed by atoms with Gasteiger partial charge in [-0.25, -0.2) is 0 Å². The van der Waals surface area contributed by atoms with E-state index in [0.29, 0.717) is 13.2 Å². The third-order valence-corrected chi connectivity index (χ3v) is 2.61. The van der Waals surface area contributed by atoms with Gasteiger partial charge in [-0.2, -0.15) is 0 Å². The van der Waals surface area contributed by atoms with Gasteiger partial charge < -0.3 is 15.8 Å². The number of carbonyl (C=O) groups excluding carboxylic acids is 1. The van der Waals surface area contributed by atoms with Gasteiger partial charge in [-0.1, -0.05) is 0 Å². The molecule has 5 nitrogen and oxygen atoms in total. The number of nitrogens with two attached hydrogens (primary N) is 1. The zero-order chi connectivity index (χ0) is 11.5. The molecule has 0 bridgehead atoms. The number of ether oxygens (including phenoxy) is 1. The summed E-state index contributed by atoms with van der Waals surface area (Å²) in [5.41, 5.74) is 5.42. The number of hydrogen-bond donors (Lipinski definition) is 2. The lowest BCUT2D eigenvalue weighted by atomic mass is 9.98. The van der Waals surface area contributed by atoms with E-state index >= 15 is 0 Å². The van der Waals surface area contributed by atoms with Crippen LogP contribution in [0.1, 0.15) is 13.8 Å². The predicted molar refractivity (Wildman–Crippen MR) is 58.5 cm³/mol. The Morgan fingerprint density at radius 1 is 1.67 bits per heavy atom. The molecule has 88 valence electrons. The van der Waals surface area contributed by atoms with Gasteiger partial charge >= 0.3 is 0 Å². The first-order valence-electron chi connectivity index (χ1n) is 5.25. The normalized spacial score (nSPS) is 26.4. The van der Waals surface area contributed by atoms with E-state index in [2.05, 4.69) is 10.2 Å². The third-order valence-electron chi connectivity index (χ3n) is 2.61. The zero-order valence-electron chi connectivity index (χ0n) is 9.75. The third kappa shape index (κ3) is 3.15. The summed E-state index contributed by atoms with van der Waals surface area (Å²) in [6, 6.07) is -0.215. The maximum atomic E-state index is 11.7. The molecule has 0 saturated carbocycles. The first-order valence-corrected chi connectivity index (χ1v) is 5.25. The van der Waals surface area contributed by atoms with Crippen molar-refractivity contribution in [2.75, 3.05) is 33.4 Å². The monoisotopic (exact) mass is 215 g/mol. The molecule has 1 saturated heterocycles. The van der Waals surface area contributed by atoms with Crippen LogP contribution in [0.5, 0.6) is 0 Å². The van der Waals surface area contributed by atoms with E-state index in [1.807, 2.05) is 13.8 Å². The largest absolute Gasteiger partial charge is 0.383 e. The Balaban J connectivity index is 2.66. The van der Waals surface area contributed by atoms with Crippen LogP contribution >= 0.6 is 0 Å². The number of rotatable bonds is 4. The van der Waals surface area contributed by atoms with E-state index in [4.69, 9.17) is 10.5 Å². The summed E-state index contributed by atoms with van der Waals surface area (Å²) in [7, 11) is 1.66. The molecule has 3 N–H and O–H groups in total. The molecule has 1 atom stereocenters. The Labute approximate surface area is 90.9 Å².